The maximum atomic E-state index is 12.9. The van der Waals surface area contributed by atoms with Gasteiger partial charge >= 0.3 is 0 Å². The van der Waals surface area contributed by atoms with Crippen molar-refractivity contribution in [2.75, 3.05) is 65.3 Å². The van der Waals surface area contributed by atoms with Gasteiger partial charge in [-0.25, -0.2) is 9.97 Å². The highest BCUT2D eigenvalue weighted by atomic mass is 16.3. The van der Waals surface area contributed by atoms with Gasteiger partial charge < -0.3 is 29.0 Å². The summed E-state index contributed by atoms with van der Waals surface area (Å²) >= 11 is 0. The predicted molar refractivity (Wildman–Crippen MR) is 150 cm³/mol. The van der Waals surface area contributed by atoms with Gasteiger partial charge in [0, 0.05) is 74.3 Å². The number of likely N-dealkylation sites (tertiary alicyclic amines) is 1. The Morgan fingerprint density at radius 2 is 1.76 bits per heavy atom. The van der Waals surface area contributed by atoms with E-state index in [1.165, 1.54) is 23.1 Å². The van der Waals surface area contributed by atoms with Crippen molar-refractivity contribution >= 4 is 22.6 Å². The van der Waals surface area contributed by atoms with Crippen molar-refractivity contribution in [3.05, 3.63) is 53.7 Å². The second-order valence-corrected chi connectivity index (χ2v) is 10.9. The van der Waals surface area contributed by atoms with Crippen LogP contribution in [0.3, 0.4) is 0 Å². The Labute approximate surface area is 223 Å². The number of likely N-dealkylation sites (N-methyl/N-ethyl adjacent to an activating group) is 2. The second kappa shape index (κ2) is 9.56. The zero-order chi connectivity index (χ0) is 26.6. The molecule has 0 unspecified atom stereocenters. The molecular weight excluding hydrogens is 478 g/mol. The molecular formula is C29H35N7O2. The van der Waals surface area contributed by atoms with Crippen molar-refractivity contribution in [2.24, 2.45) is 0 Å². The van der Waals surface area contributed by atoms with Gasteiger partial charge in [0.25, 0.3) is 5.91 Å². The van der Waals surface area contributed by atoms with Crippen LogP contribution in [0.5, 0.6) is 0 Å². The molecule has 0 aliphatic carbocycles. The zero-order valence-electron chi connectivity index (χ0n) is 22.8. The number of aromatic nitrogens is 3. The molecule has 9 heteroatoms. The number of anilines is 1. The number of carbonyl (C=O) groups excluding carboxylic acids is 1. The van der Waals surface area contributed by atoms with Crippen LogP contribution in [0.4, 0.5) is 5.69 Å². The summed E-state index contributed by atoms with van der Waals surface area (Å²) in [6.07, 6.45) is 5.21. The Balaban J connectivity index is 1.27. The summed E-state index contributed by atoms with van der Waals surface area (Å²) < 4.78 is 5.78. The minimum Gasteiger partial charge on any atom is -0.444 e. The number of H-pyrrole nitrogens is 1. The highest BCUT2D eigenvalue weighted by Crippen LogP contribution is 2.34. The van der Waals surface area contributed by atoms with Gasteiger partial charge in [-0.2, -0.15) is 0 Å². The lowest BCUT2D eigenvalue weighted by molar-refractivity contribution is 0.0394. The number of oxazole rings is 1. The normalized spacial score (nSPS) is 17.0. The van der Waals surface area contributed by atoms with E-state index in [1.54, 1.807) is 4.90 Å². The number of hydrogen-bond acceptors (Lipinski definition) is 7. The van der Waals surface area contributed by atoms with Gasteiger partial charge in [0.05, 0.1) is 5.56 Å². The molecule has 1 N–H and O–H groups in total. The summed E-state index contributed by atoms with van der Waals surface area (Å²) in [5.41, 5.74) is 7.95. The van der Waals surface area contributed by atoms with Gasteiger partial charge in [0.1, 0.15) is 11.9 Å². The highest BCUT2D eigenvalue weighted by Gasteiger charge is 2.34. The second-order valence-electron chi connectivity index (χ2n) is 10.9. The van der Waals surface area contributed by atoms with E-state index in [9.17, 15) is 4.79 Å². The standard InChI is InChI=1S/C29H35N7O2/c1-18-10-20(11-19(2)26(18)35-8-6-34(5)7-9-35)21-12-23-24(14-31-27(23)30-13-21)28-32-25(17-38-28)29(37)36-15-22(16-36)33(3)4/h10-14,17,22H,6-9,15-16H2,1-5H3,(H,30,31). The number of rotatable bonds is 5. The first-order valence-electron chi connectivity index (χ1n) is 13.2. The van der Waals surface area contributed by atoms with Crippen LogP contribution in [-0.2, 0) is 0 Å². The fourth-order valence-electron chi connectivity index (χ4n) is 5.60. The zero-order valence-corrected chi connectivity index (χ0v) is 22.8. The lowest BCUT2D eigenvalue weighted by Gasteiger charge is -2.42. The van der Waals surface area contributed by atoms with E-state index in [-0.39, 0.29) is 5.91 Å². The Kier molecular flexibility index (Phi) is 6.20. The third-order valence-corrected chi connectivity index (χ3v) is 8.01. The van der Waals surface area contributed by atoms with E-state index < -0.39 is 0 Å². The Morgan fingerprint density at radius 3 is 2.45 bits per heavy atom. The lowest BCUT2D eigenvalue weighted by Crippen LogP contribution is -2.59. The molecule has 2 aliphatic rings. The molecule has 2 aliphatic heterocycles. The Hall–Kier alpha value is -3.69. The topological polar surface area (TPSA) is 84.7 Å². The molecule has 0 radical (unpaired) electrons. The lowest BCUT2D eigenvalue weighted by atomic mass is 9.98. The van der Waals surface area contributed by atoms with Crippen LogP contribution < -0.4 is 4.90 Å². The van der Waals surface area contributed by atoms with Crippen LogP contribution in [0.15, 0.2) is 41.3 Å². The number of fused-ring (bicyclic) bond motifs is 1. The molecule has 2 fully saturated rings. The molecule has 1 amide bonds. The maximum Gasteiger partial charge on any atom is 0.275 e. The predicted octanol–water partition coefficient (Wildman–Crippen LogP) is 3.64. The fraction of sp³-hybridized carbons (Fsp3) is 0.414. The quantitative estimate of drug-likeness (QED) is 0.436. The number of pyridine rings is 1. The summed E-state index contributed by atoms with van der Waals surface area (Å²) in [5, 5.41) is 0.915. The molecule has 38 heavy (non-hydrogen) atoms. The number of benzene rings is 1. The van der Waals surface area contributed by atoms with E-state index in [0.717, 1.165) is 53.9 Å². The fourth-order valence-corrected chi connectivity index (χ4v) is 5.60. The van der Waals surface area contributed by atoms with Gasteiger partial charge in [0.15, 0.2) is 5.69 Å². The molecule has 1 aromatic carbocycles. The maximum absolute atomic E-state index is 12.9. The number of carbonyl (C=O) groups is 1. The molecule has 0 saturated carbocycles. The molecule has 0 atom stereocenters. The van der Waals surface area contributed by atoms with Crippen molar-refractivity contribution < 1.29 is 9.21 Å². The third-order valence-electron chi connectivity index (χ3n) is 8.01. The van der Waals surface area contributed by atoms with Crippen molar-refractivity contribution in [1.82, 2.24) is 29.7 Å². The first-order chi connectivity index (χ1) is 18.3. The summed E-state index contributed by atoms with van der Waals surface area (Å²) in [6.45, 7) is 10.1. The monoisotopic (exact) mass is 513 g/mol. The number of nitrogens with one attached hydrogen (secondary N) is 1. The Morgan fingerprint density at radius 1 is 1.05 bits per heavy atom. The largest absolute Gasteiger partial charge is 0.444 e. The van der Waals surface area contributed by atoms with Crippen LogP contribution >= 0.6 is 0 Å². The van der Waals surface area contributed by atoms with Gasteiger partial charge in [-0.15, -0.1) is 0 Å². The number of nitrogens with zero attached hydrogens (tertiary/aromatic N) is 6. The third kappa shape index (κ3) is 4.35. The van der Waals surface area contributed by atoms with Crippen LogP contribution in [-0.4, -0.2) is 102 Å². The number of aromatic amines is 1. The van der Waals surface area contributed by atoms with E-state index >= 15 is 0 Å². The average molecular weight is 514 g/mol. The number of amides is 1. The molecule has 198 valence electrons. The summed E-state index contributed by atoms with van der Waals surface area (Å²) in [7, 11) is 6.25. The molecule has 0 spiro atoms. The molecule has 6 rings (SSSR count). The molecule has 2 saturated heterocycles. The number of aryl methyl sites for hydroxylation is 2. The van der Waals surface area contributed by atoms with Gasteiger partial charge in [-0.1, -0.05) is 0 Å². The smallest absolute Gasteiger partial charge is 0.275 e. The molecule has 0 bridgehead atoms. The minimum atomic E-state index is -0.0943. The molecule has 3 aromatic heterocycles. The van der Waals surface area contributed by atoms with Crippen molar-refractivity contribution in [1.29, 1.82) is 0 Å². The van der Waals surface area contributed by atoms with Crippen molar-refractivity contribution in [3.63, 3.8) is 0 Å². The first-order valence-corrected chi connectivity index (χ1v) is 13.2. The summed E-state index contributed by atoms with van der Waals surface area (Å²) in [6, 6.07) is 7.03. The average Bonchev–Trinajstić information content (AvgIpc) is 3.50. The Bertz CT molecular complexity index is 1470. The molecule has 9 nitrogen and oxygen atoms in total. The minimum absolute atomic E-state index is 0.0943. The van der Waals surface area contributed by atoms with E-state index in [1.807, 2.05) is 26.5 Å². The van der Waals surface area contributed by atoms with Crippen molar-refractivity contribution in [2.45, 2.75) is 19.9 Å². The van der Waals surface area contributed by atoms with Crippen LogP contribution in [0, 0.1) is 13.8 Å². The first kappa shape index (κ1) is 24.6. The summed E-state index contributed by atoms with van der Waals surface area (Å²) in [4.78, 5) is 34.1. The SMILES string of the molecule is Cc1cc(-c2cnc3[nH]cc(-c4nc(C(=O)N5CC(N(C)C)C5)co4)c3c2)cc(C)c1N1CCN(C)CC1. The van der Waals surface area contributed by atoms with Crippen LogP contribution in [0.1, 0.15) is 21.6 Å². The van der Waals surface area contributed by atoms with Crippen LogP contribution in [0.2, 0.25) is 0 Å². The van der Waals surface area contributed by atoms with Gasteiger partial charge in [0.2, 0.25) is 5.89 Å². The number of hydrogen-bond donors (Lipinski definition) is 1. The summed E-state index contributed by atoms with van der Waals surface area (Å²) in [5.74, 6) is 0.323. The van der Waals surface area contributed by atoms with Gasteiger partial charge in [-0.05, 0) is 69.9 Å². The van der Waals surface area contributed by atoms with Gasteiger partial charge in [-0.3, -0.25) is 4.79 Å². The van der Waals surface area contributed by atoms with E-state index in [4.69, 9.17) is 4.42 Å². The van der Waals surface area contributed by atoms with E-state index in [0.29, 0.717) is 30.7 Å². The molecule has 4 aromatic rings. The number of piperazine rings is 1. The highest BCUT2D eigenvalue weighted by molar-refractivity contribution is 5.96. The molecule has 5 heterocycles. The van der Waals surface area contributed by atoms with Crippen LogP contribution in [0.25, 0.3) is 33.6 Å². The van der Waals surface area contributed by atoms with E-state index in [2.05, 4.69) is 68.7 Å². The van der Waals surface area contributed by atoms with Crippen molar-refractivity contribution in [3.8, 4) is 22.6 Å².